The molecule has 0 bridgehead atoms. The van der Waals surface area contributed by atoms with E-state index in [4.69, 9.17) is 23.2 Å². The zero-order valence-electron chi connectivity index (χ0n) is 9.45. The number of anilines is 1. The van der Waals surface area contributed by atoms with E-state index < -0.39 is 5.91 Å². The van der Waals surface area contributed by atoms with Crippen LogP contribution in [-0.2, 0) is 0 Å². The van der Waals surface area contributed by atoms with Gasteiger partial charge in [0, 0.05) is 4.47 Å². The Balaban J connectivity index is 2.28. The van der Waals surface area contributed by atoms with Crippen molar-refractivity contribution in [3.05, 3.63) is 56.5 Å². The van der Waals surface area contributed by atoms with E-state index in [1.54, 1.807) is 18.2 Å². The monoisotopic (exact) mass is 359 g/mol. The Bertz CT molecular complexity index is 647. The number of carbonyl (C=O) groups is 1. The fraction of sp³-hybridized carbons (Fsp3) is 0. The number of hydrogen-bond acceptors (Lipinski definition) is 2. The fourth-order valence-corrected chi connectivity index (χ4v) is 2.39. The highest BCUT2D eigenvalue weighted by molar-refractivity contribution is 9.10. The molecule has 1 amide bonds. The smallest absolute Gasteiger partial charge is 0.257 e. The molecule has 0 saturated carbocycles. The lowest BCUT2D eigenvalue weighted by Crippen LogP contribution is -2.12. The van der Waals surface area contributed by atoms with E-state index in [0.29, 0.717) is 10.7 Å². The predicted molar refractivity (Wildman–Crippen MR) is 80.2 cm³/mol. The van der Waals surface area contributed by atoms with Crippen molar-refractivity contribution in [3.63, 3.8) is 0 Å². The van der Waals surface area contributed by atoms with Crippen LogP contribution in [0.25, 0.3) is 0 Å². The second-order valence-electron chi connectivity index (χ2n) is 3.74. The van der Waals surface area contributed by atoms with Gasteiger partial charge in [-0.25, -0.2) is 0 Å². The van der Waals surface area contributed by atoms with Gasteiger partial charge in [0.25, 0.3) is 5.91 Å². The highest BCUT2D eigenvalue weighted by Crippen LogP contribution is 2.27. The number of phenolic OH excluding ortho intramolecular Hbond substituents is 1. The SMILES string of the molecule is O=C(Nc1ccc(Br)cc1Cl)c1cc(O)ccc1Cl. The molecular weight excluding hydrogens is 353 g/mol. The molecule has 2 rings (SSSR count). The average Bonchev–Trinajstić information content (AvgIpc) is 2.35. The van der Waals surface area contributed by atoms with Crippen LogP contribution in [0.1, 0.15) is 10.4 Å². The van der Waals surface area contributed by atoms with Crippen LogP contribution in [0.3, 0.4) is 0 Å². The number of nitrogens with one attached hydrogen (secondary N) is 1. The first-order chi connectivity index (χ1) is 8.97. The van der Waals surface area contributed by atoms with Crippen molar-refractivity contribution in [2.45, 2.75) is 0 Å². The second-order valence-corrected chi connectivity index (χ2v) is 5.47. The highest BCUT2D eigenvalue weighted by atomic mass is 79.9. The third kappa shape index (κ3) is 3.41. The van der Waals surface area contributed by atoms with E-state index in [-0.39, 0.29) is 16.3 Å². The minimum atomic E-state index is -0.440. The molecule has 0 aliphatic rings. The summed E-state index contributed by atoms with van der Waals surface area (Å²) in [4.78, 5) is 12.0. The minimum Gasteiger partial charge on any atom is -0.508 e. The molecule has 6 heteroatoms. The van der Waals surface area contributed by atoms with E-state index in [1.807, 2.05) is 0 Å². The van der Waals surface area contributed by atoms with Gasteiger partial charge >= 0.3 is 0 Å². The van der Waals surface area contributed by atoms with E-state index in [2.05, 4.69) is 21.2 Å². The van der Waals surface area contributed by atoms with Gasteiger partial charge in [0.05, 0.1) is 21.3 Å². The molecule has 2 aromatic rings. The quantitative estimate of drug-likeness (QED) is 0.814. The van der Waals surface area contributed by atoms with Crippen molar-refractivity contribution in [1.82, 2.24) is 0 Å². The van der Waals surface area contributed by atoms with E-state index in [1.165, 1.54) is 18.2 Å². The Morgan fingerprint density at radius 3 is 2.53 bits per heavy atom. The Morgan fingerprint density at radius 1 is 1.11 bits per heavy atom. The maximum Gasteiger partial charge on any atom is 0.257 e. The molecule has 0 unspecified atom stereocenters. The van der Waals surface area contributed by atoms with Gasteiger partial charge in [-0.15, -0.1) is 0 Å². The number of hydrogen-bond donors (Lipinski definition) is 2. The first-order valence-corrected chi connectivity index (χ1v) is 6.77. The highest BCUT2D eigenvalue weighted by Gasteiger charge is 2.13. The molecule has 19 heavy (non-hydrogen) atoms. The van der Waals surface area contributed by atoms with Crippen molar-refractivity contribution in [2.24, 2.45) is 0 Å². The first-order valence-electron chi connectivity index (χ1n) is 5.22. The third-order valence-electron chi connectivity index (χ3n) is 2.37. The summed E-state index contributed by atoms with van der Waals surface area (Å²) in [5, 5.41) is 12.7. The van der Waals surface area contributed by atoms with E-state index in [0.717, 1.165) is 4.47 Å². The van der Waals surface area contributed by atoms with Crippen LogP contribution in [0.2, 0.25) is 10.0 Å². The summed E-state index contributed by atoms with van der Waals surface area (Å²) in [6.45, 7) is 0. The third-order valence-corrected chi connectivity index (χ3v) is 3.51. The van der Waals surface area contributed by atoms with Crippen molar-refractivity contribution in [1.29, 1.82) is 0 Å². The number of benzene rings is 2. The molecule has 0 aliphatic heterocycles. The molecule has 0 fully saturated rings. The van der Waals surface area contributed by atoms with Gasteiger partial charge in [0.15, 0.2) is 0 Å². The molecule has 2 aromatic carbocycles. The standard InChI is InChI=1S/C13H8BrCl2NO2/c14-7-1-4-12(11(16)5-7)17-13(19)9-6-8(18)2-3-10(9)15/h1-6,18H,(H,17,19). The zero-order chi connectivity index (χ0) is 14.0. The zero-order valence-corrected chi connectivity index (χ0v) is 12.6. The molecular formula is C13H8BrCl2NO2. The summed E-state index contributed by atoms with van der Waals surface area (Å²) in [5.41, 5.74) is 0.648. The van der Waals surface area contributed by atoms with Crippen LogP contribution < -0.4 is 5.32 Å². The normalized spacial score (nSPS) is 10.3. The van der Waals surface area contributed by atoms with Crippen molar-refractivity contribution in [3.8, 4) is 5.75 Å². The fourth-order valence-electron chi connectivity index (χ4n) is 1.47. The molecule has 0 radical (unpaired) electrons. The number of halogens is 3. The van der Waals surface area contributed by atoms with Crippen LogP contribution in [-0.4, -0.2) is 11.0 Å². The molecule has 0 heterocycles. The molecule has 2 N–H and O–H groups in total. The molecule has 0 atom stereocenters. The van der Waals surface area contributed by atoms with Gasteiger partial charge in [-0.05, 0) is 36.4 Å². The molecule has 0 spiro atoms. The van der Waals surface area contributed by atoms with Crippen molar-refractivity contribution >= 4 is 50.7 Å². The van der Waals surface area contributed by atoms with Gasteiger partial charge in [0.1, 0.15) is 5.75 Å². The summed E-state index contributed by atoms with van der Waals surface area (Å²) < 4.78 is 0.811. The Morgan fingerprint density at radius 2 is 1.84 bits per heavy atom. The Kier molecular flexibility index (Phi) is 4.34. The second kappa shape index (κ2) is 5.82. The topological polar surface area (TPSA) is 49.3 Å². The number of aromatic hydroxyl groups is 1. The molecule has 0 aromatic heterocycles. The van der Waals surface area contributed by atoms with Gasteiger partial charge < -0.3 is 10.4 Å². The van der Waals surface area contributed by atoms with Gasteiger partial charge in [0.2, 0.25) is 0 Å². The van der Waals surface area contributed by atoms with Gasteiger partial charge in [-0.3, -0.25) is 4.79 Å². The molecule has 3 nitrogen and oxygen atoms in total. The predicted octanol–water partition coefficient (Wildman–Crippen LogP) is 4.71. The lowest BCUT2D eigenvalue weighted by Gasteiger charge is -2.09. The summed E-state index contributed by atoms with van der Waals surface area (Å²) in [5.74, 6) is -0.471. The summed E-state index contributed by atoms with van der Waals surface area (Å²) in [6.07, 6.45) is 0. The lowest BCUT2D eigenvalue weighted by atomic mass is 10.2. The average molecular weight is 361 g/mol. The van der Waals surface area contributed by atoms with Crippen molar-refractivity contribution < 1.29 is 9.90 Å². The van der Waals surface area contributed by atoms with Crippen LogP contribution in [0.4, 0.5) is 5.69 Å². The summed E-state index contributed by atoms with van der Waals surface area (Å²) >= 11 is 15.2. The van der Waals surface area contributed by atoms with Crippen molar-refractivity contribution in [2.75, 3.05) is 5.32 Å². The summed E-state index contributed by atoms with van der Waals surface area (Å²) in [6, 6.07) is 9.25. The molecule has 0 aliphatic carbocycles. The molecule has 98 valence electrons. The Hall–Kier alpha value is -1.23. The number of rotatable bonds is 2. The van der Waals surface area contributed by atoms with E-state index in [9.17, 15) is 9.90 Å². The van der Waals surface area contributed by atoms with E-state index >= 15 is 0 Å². The first kappa shape index (κ1) is 14.2. The lowest BCUT2D eigenvalue weighted by molar-refractivity contribution is 0.102. The largest absolute Gasteiger partial charge is 0.508 e. The maximum atomic E-state index is 12.0. The number of phenols is 1. The molecule has 0 saturated heterocycles. The number of carbonyl (C=O) groups excluding carboxylic acids is 1. The minimum absolute atomic E-state index is 0.0311. The number of amides is 1. The maximum absolute atomic E-state index is 12.0. The van der Waals surface area contributed by atoms with Gasteiger partial charge in [-0.2, -0.15) is 0 Å². The van der Waals surface area contributed by atoms with Gasteiger partial charge in [-0.1, -0.05) is 39.1 Å². The van der Waals surface area contributed by atoms with Crippen LogP contribution >= 0.6 is 39.1 Å². The summed E-state index contributed by atoms with van der Waals surface area (Å²) in [7, 11) is 0. The van der Waals surface area contributed by atoms with Crippen LogP contribution in [0.15, 0.2) is 40.9 Å². The Labute approximate surface area is 128 Å². The van der Waals surface area contributed by atoms with Crippen LogP contribution in [0, 0.1) is 0 Å². The van der Waals surface area contributed by atoms with Crippen LogP contribution in [0.5, 0.6) is 5.75 Å².